The molecule has 0 saturated heterocycles. The molecule has 0 spiro atoms. The zero-order chi connectivity index (χ0) is 13.6. The van der Waals surface area contributed by atoms with Gasteiger partial charge in [0.25, 0.3) is 0 Å². The van der Waals surface area contributed by atoms with E-state index in [9.17, 15) is 8.42 Å². The van der Waals surface area contributed by atoms with E-state index in [0.717, 1.165) is 24.8 Å². The Morgan fingerprint density at radius 2 is 1.89 bits per heavy atom. The summed E-state index contributed by atoms with van der Waals surface area (Å²) < 4.78 is 25.1. The van der Waals surface area contributed by atoms with Crippen LogP contribution in [0.25, 0.3) is 0 Å². The number of rotatable bonds is 7. The van der Waals surface area contributed by atoms with E-state index in [1.165, 1.54) is 19.3 Å². The van der Waals surface area contributed by atoms with Crippen LogP contribution in [0.2, 0.25) is 0 Å². The normalized spacial score (nSPS) is 29.4. The van der Waals surface area contributed by atoms with Gasteiger partial charge < -0.3 is 5.32 Å². The summed E-state index contributed by atoms with van der Waals surface area (Å²) >= 11 is 0. The number of nitrogens with one attached hydrogen (secondary N) is 2. The van der Waals surface area contributed by atoms with E-state index in [1.54, 1.807) is 6.92 Å². The fourth-order valence-corrected chi connectivity index (χ4v) is 3.24. The van der Waals surface area contributed by atoms with Crippen molar-refractivity contribution in [3.05, 3.63) is 0 Å². The first-order valence-corrected chi connectivity index (χ1v) is 8.82. The summed E-state index contributed by atoms with van der Waals surface area (Å²) in [6, 6.07) is 0.608. The molecular formula is C13H28N2O2S. The van der Waals surface area contributed by atoms with Gasteiger partial charge in [-0.15, -0.1) is 0 Å². The van der Waals surface area contributed by atoms with Gasteiger partial charge in [-0.05, 0) is 38.1 Å². The molecule has 3 atom stereocenters. The van der Waals surface area contributed by atoms with Crippen LogP contribution < -0.4 is 10.0 Å². The van der Waals surface area contributed by atoms with Crippen molar-refractivity contribution in [1.82, 2.24) is 10.0 Å². The Morgan fingerprint density at radius 1 is 1.17 bits per heavy atom. The predicted molar refractivity (Wildman–Crippen MR) is 76.1 cm³/mol. The first kappa shape index (κ1) is 15.9. The lowest BCUT2D eigenvalue weighted by molar-refractivity contribution is 0.207. The fraction of sp³-hybridized carbons (Fsp3) is 1.00. The Morgan fingerprint density at radius 3 is 2.56 bits per heavy atom. The Hall–Kier alpha value is -0.130. The molecule has 5 heteroatoms. The highest BCUT2D eigenvalue weighted by atomic mass is 32.2. The Kier molecular flexibility index (Phi) is 6.60. The van der Waals surface area contributed by atoms with E-state index in [2.05, 4.69) is 23.9 Å². The molecule has 1 aliphatic rings. The van der Waals surface area contributed by atoms with Crippen LogP contribution in [0, 0.1) is 11.8 Å². The summed E-state index contributed by atoms with van der Waals surface area (Å²) in [6.45, 7) is 7.74. The first-order valence-electron chi connectivity index (χ1n) is 7.17. The SMILES string of the molecule is CCS(=O)(=O)NCCCN[C@@H]1CCC[C@H](C)[C@H]1C. The van der Waals surface area contributed by atoms with Crippen LogP contribution >= 0.6 is 0 Å². The molecule has 1 fully saturated rings. The summed E-state index contributed by atoms with van der Waals surface area (Å²) in [7, 11) is -3.02. The van der Waals surface area contributed by atoms with Crippen molar-refractivity contribution >= 4 is 10.0 Å². The van der Waals surface area contributed by atoms with Crippen molar-refractivity contribution in [2.75, 3.05) is 18.8 Å². The molecule has 0 aromatic heterocycles. The molecule has 0 amide bonds. The van der Waals surface area contributed by atoms with Crippen molar-refractivity contribution in [3.63, 3.8) is 0 Å². The van der Waals surface area contributed by atoms with Crippen molar-refractivity contribution in [2.45, 2.75) is 52.5 Å². The maximum Gasteiger partial charge on any atom is 0.211 e. The van der Waals surface area contributed by atoms with Gasteiger partial charge >= 0.3 is 0 Å². The molecule has 1 aliphatic carbocycles. The van der Waals surface area contributed by atoms with Gasteiger partial charge in [0.15, 0.2) is 0 Å². The zero-order valence-corrected chi connectivity index (χ0v) is 12.7. The Balaban J connectivity index is 2.14. The molecule has 2 N–H and O–H groups in total. The molecule has 0 heterocycles. The van der Waals surface area contributed by atoms with E-state index in [0.29, 0.717) is 12.6 Å². The number of hydrogen-bond donors (Lipinski definition) is 2. The van der Waals surface area contributed by atoms with Crippen LogP contribution in [0.1, 0.15) is 46.5 Å². The molecule has 108 valence electrons. The number of sulfonamides is 1. The molecule has 0 bridgehead atoms. The van der Waals surface area contributed by atoms with Gasteiger partial charge in [0.1, 0.15) is 0 Å². The van der Waals surface area contributed by atoms with Gasteiger partial charge in [-0.1, -0.05) is 26.7 Å². The van der Waals surface area contributed by atoms with Gasteiger partial charge in [-0.2, -0.15) is 0 Å². The van der Waals surface area contributed by atoms with Crippen molar-refractivity contribution in [3.8, 4) is 0 Å². The van der Waals surface area contributed by atoms with Crippen LogP contribution in [0.5, 0.6) is 0 Å². The third-order valence-electron chi connectivity index (χ3n) is 4.17. The Labute approximate surface area is 112 Å². The van der Waals surface area contributed by atoms with E-state index in [-0.39, 0.29) is 5.75 Å². The summed E-state index contributed by atoms with van der Waals surface area (Å²) in [5, 5.41) is 3.57. The van der Waals surface area contributed by atoms with Crippen LogP contribution in [0.3, 0.4) is 0 Å². The fourth-order valence-electron chi connectivity index (χ4n) is 2.58. The highest BCUT2D eigenvalue weighted by molar-refractivity contribution is 7.89. The second kappa shape index (κ2) is 7.46. The number of hydrogen-bond acceptors (Lipinski definition) is 3. The summed E-state index contributed by atoms with van der Waals surface area (Å²) in [5.74, 6) is 1.69. The lowest BCUT2D eigenvalue weighted by atomic mass is 9.78. The Bertz CT molecular complexity index is 330. The molecule has 1 rings (SSSR count). The molecule has 0 radical (unpaired) electrons. The minimum atomic E-state index is -3.02. The lowest BCUT2D eigenvalue weighted by Crippen LogP contribution is -2.41. The third kappa shape index (κ3) is 5.24. The third-order valence-corrected chi connectivity index (χ3v) is 5.57. The molecule has 0 aromatic carbocycles. The zero-order valence-electron chi connectivity index (χ0n) is 11.9. The molecule has 0 aromatic rings. The average Bonchev–Trinajstić information content (AvgIpc) is 2.34. The van der Waals surface area contributed by atoms with Gasteiger partial charge in [-0.25, -0.2) is 13.1 Å². The van der Waals surface area contributed by atoms with Crippen LogP contribution in [0.4, 0.5) is 0 Å². The standard InChI is InChI=1S/C13H28N2O2S/c1-4-18(16,17)15-10-6-9-14-13-8-5-7-11(2)12(13)3/h11-15H,4-10H2,1-3H3/t11-,12+,13+/m0/s1. The van der Waals surface area contributed by atoms with Gasteiger partial charge in [-0.3, -0.25) is 0 Å². The van der Waals surface area contributed by atoms with Crippen LogP contribution in [-0.4, -0.2) is 33.3 Å². The van der Waals surface area contributed by atoms with Crippen molar-refractivity contribution < 1.29 is 8.42 Å². The summed E-state index contributed by atoms with van der Waals surface area (Å²) in [6.07, 6.45) is 4.77. The largest absolute Gasteiger partial charge is 0.314 e. The maximum absolute atomic E-state index is 11.2. The molecular weight excluding hydrogens is 248 g/mol. The molecule has 0 aliphatic heterocycles. The molecule has 0 unspecified atom stereocenters. The second-order valence-electron chi connectivity index (χ2n) is 5.48. The quantitative estimate of drug-likeness (QED) is 0.696. The predicted octanol–water partition coefficient (Wildman–Crippen LogP) is 1.73. The van der Waals surface area contributed by atoms with E-state index in [1.807, 2.05) is 0 Å². The van der Waals surface area contributed by atoms with Crippen LogP contribution in [-0.2, 0) is 10.0 Å². The first-order chi connectivity index (χ1) is 8.46. The minimum Gasteiger partial charge on any atom is -0.314 e. The monoisotopic (exact) mass is 276 g/mol. The van der Waals surface area contributed by atoms with Crippen molar-refractivity contribution in [1.29, 1.82) is 0 Å². The van der Waals surface area contributed by atoms with Crippen LogP contribution in [0.15, 0.2) is 0 Å². The highest BCUT2D eigenvalue weighted by Crippen LogP contribution is 2.29. The van der Waals surface area contributed by atoms with E-state index >= 15 is 0 Å². The summed E-state index contributed by atoms with van der Waals surface area (Å²) in [5.41, 5.74) is 0. The molecule has 18 heavy (non-hydrogen) atoms. The second-order valence-corrected chi connectivity index (χ2v) is 7.57. The average molecular weight is 276 g/mol. The van der Waals surface area contributed by atoms with Gasteiger partial charge in [0.2, 0.25) is 10.0 Å². The summed E-state index contributed by atoms with van der Waals surface area (Å²) in [4.78, 5) is 0. The minimum absolute atomic E-state index is 0.164. The highest BCUT2D eigenvalue weighted by Gasteiger charge is 2.26. The lowest BCUT2D eigenvalue weighted by Gasteiger charge is -2.34. The van der Waals surface area contributed by atoms with Gasteiger partial charge in [0, 0.05) is 12.6 Å². The maximum atomic E-state index is 11.2. The van der Waals surface area contributed by atoms with E-state index < -0.39 is 10.0 Å². The van der Waals surface area contributed by atoms with Crippen molar-refractivity contribution in [2.24, 2.45) is 11.8 Å². The van der Waals surface area contributed by atoms with E-state index in [4.69, 9.17) is 0 Å². The smallest absolute Gasteiger partial charge is 0.211 e. The molecule has 1 saturated carbocycles. The molecule has 4 nitrogen and oxygen atoms in total. The van der Waals surface area contributed by atoms with Gasteiger partial charge in [0.05, 0.1) is 5.75 Å². The topological polar surface area (TPSA) is 58.2 Å².